The number of likely N-dealkylation sites (tertiary alicyclic amines) is 1. The molecule has 1 atom stereocenters. The molecule has 1 aliphatic heterocycles. The van der Waals surface area contributed by atoms with Crippen LogP contribution in [0.2, 0.25) is 0 Å². The summed E-state index contributed by atoms with van der Waals surface area (Å²) in [4.78, 5) is 19.0. The van der Waals surface area contributed by atoms with E-state index in [2.05, 4.69) is 20.4 Å². The number of nitrogens with two attached hydrogens (primary N) is 1. The van der Waals surface area contributed by atoms with Crippen molar-refractivity contribution in [3.63, 3.8) is 0 Å². The van der Waals surface area contributed by atoms with Crippen LogP contribution in [-0.4, -0.2) is 40.1 Å². The van der Waals surface area contributed by atoms with E-state index in [1.165, 1.54) is 0 Å². The van der Waals surface area contributed by atoms with E-state index in [1.807, 2.05) is 24.3 Å². The summed E-state index contributed by atoms with van der Waals surface area (Å²) < 4.78 is 10.7. The van der Waals surface area contributed by atoms with Gasteiger partial charge in [-0.1, -0.05) is 23.4 Å². The standard InChI is InChI=1S/C18H21N5O3.ClH/c19-9-17-21-16(22-26-17)11-23-7-3-5-13(10-23)20-18(24)15-8-12-4-1-2-6-14(12)25-15;/h1-2,4,6,8,13H,3,5,7,9-11,19H2,(H,20,24);1H. The predicted octanol–water partition coefficient (Wildman–Crippen LogP) is 2.09. The maximum absolute atomic E-state index is 12.5. The number of aromatic nitrogens is 2. The van der Waals surface area contributed by atoms with Crippen molar-refractivity contribution in [1.29, 1.82) is 0 Å². The number of carbonyl (C=O) groups is 1. The van der Waals surface area contributed by atoms with Gasteiger partial charge in [-0.15, -0.1) is 12.4 Å². The van der Waals surface area contributed by atoms with Crippen molar-refractivity contribution in [3.05, 3.63) is 47.8 Å². The van der Waals surface area contributed by atoms with Gasteiger partial charge in [0.15, 0.2) is 11.6 Å². The van der Waals surface area contributed by atoms with Crippen molar-refractivity contribution < 1.29 is 13.7 Å². The first-order chi connectivity index (χ1) is 12.7. The molecule has 0 spiro atoms. The first-order valence-corrected chi connectivity index (χ1v) is 8.74. The SMILES string of the molecule is Cl.NCc1nc(CN2CCCC(NC(=O)c3cc4ccccc4o3)C2)no1. The largest absolute Gasteiger partial charge is 0.451 e. The minimum Gasteiger partial charge on any atom is -0.451 e. The Balaban J connectivity index is 0.00000210. The molecule has 3 heterocycles. The Hall–Kier alpha value is -2.42. The fourth-order valence-corrected chi connectivity index (χ4v) is 3.30. The first kappa shape index (κ1) is 19.3. The Morgan fingerprint density at radius 2 is 2.22 bits per heavy atom. The molecule has 27 heavy (non-hydrogen) atoms. The van der Waals surface area contributed by atoms with Crippen LogP contribution in [0.3, 0.4) is 0 Å². The van der Waals surface area contributed by atoms with Gasteiger partial charge < -0.3 is 20.0 Å². The van der Waals surface area contributed by atoms with Crippen molar-refractivity contribution in [2.75, 3.05) is 13.1 Å². The molecule has 4 rings (SSSR count). The van der Waals surface area contributed by atoms with Crippen LogP contribution in [0.25, 0.3) is 11.0 Å². The number of benzene rings is 1. The Bertz CT molecular complexity index is 876. The van der Waals surface area contributed by atoms with Gasteiger partial charge in [0.05, 0.1) is 13.1 Å². The normalized spacial score (nSPS) is 17.6. The lowest BCUT2D eigenvalue weighted by molar-refractivity contribution is 0.0873. The lowest BCUT2D eigenvalue weighted by Gasteiger charge is -2.32. The Kier molecular flexibility index (Phi) is 6.10. The number of amides is 1. The van der Waals surface area contributed by atoms with Gasteiger partial charge in [0.25, 0.3) is 5.91 Å². The molecule has 3 aromatic rings. The summed E-state index contributed by atoms with van der Waals surface area (Å²) >= 11 is 0. The quantitative estimate of drug-likeness (QED) is 0.685. The van der Waals surface area contributed by atoms with E-state index in [-0.39, 0.29) is 30.9 Å². The molecular weight excluding hydrogens is 370 g/mol. The topological polar surface area (TPSA) is 110 Å². The number of furan rings is 1. The number of carbonyl (C=O) groups excluding carboxylic acids is 1. The molecule has 1 aromatic carbocycles. The summed E-state index contributed by atoms with van der Waals surface area (Å²) in [6.07, 6.45) is 1.93. The first-order valence-electron chi connectivity index (χ1n) is 8.74. The Labute approximate surface area is 162 Å². The minimum atomic E-state index is -0.182. The van der Waals surface area contributed by atoms with Gasteiger partial charge in [0, 0.05) is 18.0 Å². The van der Waals surface area contributed by atoms with Crippen molar-refractivity contribution in [3.8, 4) is 0 Å². The summed E-state index contributed by atoms with van der Waals surface area (Å²) in [5, 5.41) is 7.93. The number of nitrogens with one attached hydrogen (secondary N) is 1. The van der Waals surface area contributed by atoms with Crippen LogP contribution in [0.4, 0.5) is 0 Å². The van der Waals surface area contributed by atoms with Gasteiger partial charge in [0.1, 0.15) is 5.58 Å². The highest BCUT2D eigenvalue weighted by atomic mass is 35.5. The minimum absolute atomic E-state index is 0. The lowest BCUT2D eigenvalue weighted by atomic mass is 10.1. The van der Waals surface area contributed by atoms with Crippen molar-refractivity contribution in [2.45, 2.75) is 32.0 Å². The zero-order valence-corrected chi connectivity index (χ0v) is 15.6. The molecule has 1 amide bonds. The molecule has 0 saturated carbocycles. The van der Waals surface area contributed by atoms with Crippen molar-refractivity contribution in [1.82, 2.24) is 20.4 Å². The third-order valence-corrected chi connectivity index (χ3v) is 4.54. The van der Waals surface area contributed by atoms with E-state index in [0.717, 1.165) is 36.9 Å². The summed E-state index contributed by atoms with van der Waals surface area (Å²) in [7, 11) is 0. The van der Waals surface area contributed by atoms with Crippen molar-refractivity contribution >= 4 is 29.3 Å². The molecule has 1 unspecified atom stereocenters. The number of para-hydroxylation sites is 1. The molecule has 0 aliphatic carbocycles. The summed E-state index contributed by atoms with van der Waals surface area (Å²) in [6, 6.07) is 9.43. The highest BCUT2D eigenvalue weighted by Crippen LogP contribution is 2.19. The second-order valence-corrected chi connectivity index (χ2v) is 6.50. The zero-order valence-electron chi connectivity index (χ0n) is 14.8. The molecule has 1 saturated heterocycles. The number of hydrogen-bond donors (Lipinski definition) is 2. The third kappa shape index (κ3) is 4.47. The fraction of sp³-hybridized carbons (Fsp3) is 0.389. The number of fused-ring (bicyclic) bond motifs is 1. The van der Waals surface area contributed by atoms with E-state index in [0.29, 0.717) is 24.0 Å². The molecule has 0 bridgehead atoms. The second-order valence-electron chi connectivity index (χ2n) is 6.50. The van der Waals surface area contributed by atoms with Crippen LogP contribution < -0.4 is 11.1 Å². The van der Waals surface area contributed by atoms with E-state index < -0.39 is 0 Å². The maximum atomic E-state index is 12.5. The third-order valence-electron chi connectivity index (χ3n) is 4.54. The molecule has 3 N–H and O–H groups in total. The van der Waals surface area contributed by atoms with Gasteiger partial charge >= 0.3 is 0 Å². The second kappa shape index (κ2) is 8.51. The molecule has 0 radical (unpaired) electrons. The molecule has 1 aliphatic rings. The van der Waals surface area contributed by atoms with Crippen LogP contribution in [0.1, 0.15) is 35.1 Å². The van der Waals surface area contributed by atoms with E-state index in [4.69, 9.17) is 14.7 Å². The van der Waals surface area contributed by atoms with Crippen LogP contribution >= 0.6 is 12.4 Å². The van der Waals surface area contributed by atoms with Crippen molar-refractivity contribution in [2.24, 2.45) is 5.73 Å². The van der Waals surface area contributed by atoms with E-state index in [9.17, 15) is 4.79 Å². The number of nitrogens with zero attached hydrogens (tertiary/aromatic N) is 3. The predicted molar refractivity (Wildman–Crippen MR) is 101 cm³/mol. The van der Waals surface area contributed by atoms with Gasteiger partial charge in [0.2, 0.25) is 5.89 Å². The highest BCUT2D eigenvalue weighted by Gasteiger charge is 2.24. The molecule has 1 fully saturated rings. The molecule has 8 nitrogen and oxygen atoms in total. The molecular formula is C18H22ClN5O3. The lowest BCUT2D eigenvalue weighted by Crippen LogP contribution is -2.47. The Morgan fingerprint density at radius 1 is 1.37 bits per heavy atom. The zero-order chi connectivity index (χ0) is 17.9. The smallest absolute Gasteiger partial charge is 0.287 e. The van der Waals surface area contributed by atoms with E-state index >= 15 is 0 Å². The summed E-state index contributed by atoms with van der Waals surface area (Å²) in [5.74, 6) is 1.22. The van der Waals surface area contributed by atoms with E-state index in [1.54, 1.807) is 6.07 Å². The molecule has 144 valence electrons. The van der Waals surface area contributed by atoms with Crippen LogP contribution in [0, 0.1) is 0 Å². The maximum Gasteiger partial charge on any atom is 0.287 e. The van der Waals surface area contributed by atoms with Crippen LogP contribution in [-0.2, 0) is 13.1 Å². The molecule has 2 aromatic heterocycles. The summed E-state index contributed by atoms with van der Waals surface area (Å²) in [6.45, 7) is 2.49. The summed E-state index contributed by atoms with van der Waals surface area (Å²) in [5.41, 5.74) is 6.21. The Morgan fingerprint density at radius 3 is 3.00 bits per heavy atom. The number of piperidine rings is 1. The monoisotopic (exact) mass is 391 g/mol. The number of halogens is 1. The van der Waals surface area contributed by atoms with Gasteiger partial charge in [-0.05, 0) is 31.5 Å². The van der Waals surface area contributed by atoms with Gasteiger partial charge in [-0.25, -0.2) is 0 Å². The average Bonchev–Trinajstić information content (AvgIpc) is 3.28. The van der Waals surface area contributed by atoms with Crippen LogP contribution in [0.5, 0.6) is 0 Å². The average molecular weight is 392 g/mol. The van der Waals surface area contributed by atoms with Gasteiger partial charge in [-0.3, -0.25) is 9.69 Å². The number of rotatable bonds is 5. The number of hydrogen-bond acceptors (Lipinski definition) is 7. The fourth-order valence-electron chi connectivity index (χ4n) is 3.30. The molecule has 9 heteroatoms. The highest BCUT2D eigenvalue weighted by molar-refractivity contribution is 5.96. The van der Waals surface area contributed by atoms with Gasteiger partial charge in [-0.2, -0.15) is 4.98 Å². The van der Waals surface area contributed by atoms with Crippen LogP contribution in [0.15, 0.2) is 39.3 Å².